The monoisotopic (exact) mass is 343 g/mol. The number of carbonyl (C=O) groups is 1. The molecule has 2 aromatic rings. The molecular weight excluding hydrogens is 318 g/mol. The zero-order chi connectivity index (χ0) is 17.5. The third-order valence-corrected chi connectivity index (χ3v) is 4.26. The maximum atomic E-state index is 12.0. The summed E-state index contributed by atoms with van der Waals surface area (Å²) in [6.45, 7) is 3.08. The van der Waals surface area contributed by atoms with Crippen LogP contribution >= 0.6 is 0 Å². The van der Waals surface area contributed by atoms with Gasteiger partial charge in [0, 0.05) is 43.8 Å². The van der Waals surface area contributed by atoms with E-state index < -0.39 is 0 Å². The van der Waals surface area contributed by atoms with Gasteiger partial charge in [0.25, 0.3) is 0 Å². The summed E-state index contributed by atoms with van der Waals surface area (Å²) in [5.41, 5.74) is 0.973. The van der Waals surface area contributed by atoms with E-state index in [9.17, 15) is 4.79 Å². The van der Waals surface area contributed by atoms with Crippen molar-refractivity contribution in [3.63, 3.8) is 0 Å². The summed E-state index contributed by atoms with van der Waals surface area (Å²) in [4.78, 5) is 20.3. The number of hydrogen-bond acceptors (Lipinski definition) is 4. The van der Waals surface area contributed by atoms with Crippen molar-refractivity contribution >= 4 is 6.03 Å². The molecule has 134 valence electrons. The van der Waals surface area contributed by atoms with Crippen molar-refractivity contribution in [2.24, 2.45) is 0 Å². The van der Waals surface area contributed by atoms with Crippen LogP contribution in [0, 0.1) is 0 Å². The Hall–Kier alpha value is -2.57. The van der Waals surface area contributed by atoms with Crippen molar-refractivity contribution < 1.29 is 9.53 Å². The number of pyridine rings is 1. The number of hydrogen-bond donors (Lipinski definition) is 2. The fourth-order valence-electron chi connectivity index (χ4n) is 3.02. The van der Waals surface area contributed by atoms with Gasteiger partial charge in [-0.2, -0.15) is 0 Å². The van der Waals surface area contributed by atoms with Gasteiger partial charge in [0.2, 0.25) is 5.88 Å². The van der Waals surface area contributed by atoms with Crippen LogP contribution in [0.4, 0.5) is 4.79 Å². The third-order valence-electron chi connectivity index (χ3n) is 4.26. The molecule has 25 heavy (non-hydrogen) atoms. The summed E-state index contributed by atoms with van der Waals surface area (Å²) in [7, 11) is 0. The molecule has 1 aliphatic rings. The third kappa shape index (κ3) is 5.48. The molecule has 2 heterocycles. The first kappa shape index (κ1) is 17.3. The Bertz CT molecular complexity index is 668. The minimum atomic E-state index is -0.192. The van der Waals surface area contributed by atoms with Gasteiger partial charge in [-0.05, 0) is 44.2 Å². The van der Waals surface area contributed by atoms with Crippen LogP contribution in [0.1, 0.15) is 38.2 Å². The lowest BCUT2D eigenvalue weighted by Crippen LogP contribution is -2.42. The van der Waals surface area contributed by atoms with E-state index in [1.807, 2.05) is 29.8 Å². The molecule has 0 spiro atoms. The molecule has 1 fully saturated rings. The number of ether oxygens (including phenoxy) is 1. The number of urea groups is 1. The minimum Gasteiger partial charge on any atom is -0.474 e. The fraction of sp³-hybridized carbons (Fsp3) is 0.500. The molecule has 0 radical (unpaired) electrons. The SMILES string of the molecule is C[C@H](Cn1ccnc1)NC(=O)NCc1ccnc(OC2CCCC2)c1. The second-order valence-electron chi connectivity index (χ2n) is 6.51. The topological polar surface area (TPSA) is 81.1 Å². The van der Waals surface area contributed by atoms with Crippen LogP contribution in [-0.2, 0) is 13.1 Å². The van der Waals surface area contributed by atoms with Gasteiger partial charge in [-0.1, -0.05) is 0 Å². The first-order valence-electron chi connectivity index (χ1n) is 8.81. The van der Waals surface area contributed by atoms with E-state index in [4.69, 9.17) is 4.74 Å². The molecule has 0 unspecified atom stereocenters. The number of aromatic nitrogens is 3. The van der Waals surface area contributed by atoms with Gasteiger partial charge in [-0.25, -0.2) is 14.8 Å². The normalized spacial score (nSPS) is 15.7. The number of nitrogens with zero attached hydrogens (tertiary/aromatic N) is 3. The zero-order valence-corrected chi connectivity index (χ0v) is 14.5. The lowest BCUT2D eigenvalue weighted by Gasteiger charge is -2.15. The smallest absolute Gasteiger partial charge is 0.315 e. The molecule has 0 aromatic carbocycles. The first-order valence-corrected chi connectivity index (χ1v) is 8.81. The average molecular weight is 343 g/mol. The number of amides is 2. The summed E-state index contributed by atoms with van der Waals surface area (Å²) in [6, 6.07) is 3.60. The van der Waals surface area contributed by atoms with Crippen molar-refractivity contribution in [2.45, 2.75) is 57.8 Å². The predicted octanol–water partition coefficient (Wildman–Crippen LogP) is 2.49. The van der Waals surface area contributed by atoms with Crippen LogP contribution in [0.15, 0.2) is 37.1 Å². The zero-order valence-electron chi connectivity index (χ0n) is 14.5. The van der Waals surface area contributed by atoms with Crippen molar-refractivity contribution in [3.05, 3.63) is 42.6 Å². The highest BCUT2D eigenvalue weighted by molar-refractivity contribution is 5.74. The number of rotatable bonds is 7. The molecule has 2 aromatic heterocycles. The number of carbonyl (C=O) groups excluding carboxylic acids is 1. The molecule has 2 amide bonds. The van der Waals surface area contributed by atoms with Crippen molar-refractivity contribution in [1.82, 2.24) is 25.2 Å². The molecule has 0 aliphatic heterocycles. The maximum Gasteiger partial charge on any atom is 0.315 e. The molecule has 7 heteroatoms. The molecular formula is C18H25N5O2. The quantitative estimate of drug-likeness (QED) is 0.809. The van der Waals surface area contributed by atoms with Crippen LogP contribution in [0.3, 0.4) is 0 Å². The Morgan fingerprint density at radius 3 is 3.00 bits per heavy atom. The lowest BCUT2D eigenvalue weighted by molar-refractivity contribution is 0.201. The summed E-state index contributed by atoms with van der Waals surface area (Å²) >= 11 is 0. The van der Waals surface area contributed by atoms with Crippen LogP contribution < -0.4 is 15.4 Å². The molecule has 7 nitrogen and oxygen atoms in total. The fourth-order valence-corrected chi connectivity index (χ4v) is 3.02. The summed E-state index contributed by atoms with van der Waals surface area (Å²) in [5.74, 6) is 0.639. The summed E-state index contributed by atoms with van der Waals surface area (Å²) in [5, 5.41) is 5.79. The van der Waals surface area contributed by atoms with Gasteiger partial charge >= 0.3 is 6.03 Å². The Labute approximate surface area is 147 Å². The van der Waals surface area contributed by atoms with E-state index in [2.05, 4.69) is 20.6 Å². The van der Waals surface area contributed by atoms with Crippen molar-refractivity contribution in [2.75, 3.05) is 0 Å². The van der Waals surface area contributed by atoms with E-state index in [0.717, 1.165) is 18.4 Å². The molecule has 0 bridgehead atoms. The minimum absolute atomic E-state index is 0.00732. The van der Waals surface area contributed by atoms with Gasteiger partial charge in [-0.15, -0.1) is 0 Å². The molecule has 1 saturated carbocycles. The predicted molar refractivity (Wildman–Crippen MR) is 94.2 cm³/mol. The summed E-state index contributed by atoms with van der Waals surface area (Å²) in [6.07, 6.45) is 12.0. The van der Waals surface area contributed by atoms with E-state index in [0.29, 0.717) is 19.0 Å². The Morgan fingerprint density at radius 1 is 1.40 bits per heavy atom. The first-order chi connectivity index (χ1) is 12.2. The van der Waals surface area contributed by atoms with E-state index >= 15 is 0 Å². The molecule has 1 aliphatic carbocycles. The lowest BCUT2D eigenvalue weighted by atomic mass is 10.2. The number of nitrogens with one attached hydrogen (secondary N) is 2. The molecule has 3 rings (SSSR count). The highest BCUT2D eigenvalue weighted by atomic mass is 16.5. The van der Waals surface area contributed by atoms with E-state index in [-0.39, 0.29) is 18.2 Å². The molecule has 0 saturated heterocycles. The van der Waals surface area contributed by atoms with Gasteiger partial charge in [0.05, 0.1) is 6.33 Å². The second kappa shape index (κ2) is 8.50. The van der Waals surface area contributed by atoms with E-state index in [1.54, 1.807) is 18.7 Å². The molecule has 1 atom stereocenters. The highest BCUT2D eigenvalue weighted by Gasteiger charge is 2.17. The van der Waals surface area contributed by atoms with Gasteiger partial charge in [-0.3, -0.25) is 0 Å². The van der Waals surface area contributed by atoms with Gasteiger partial charge in [0.15, 0.2) is 0 Å². The molecule has 2 N–H and O–H groups in total. The Morgan fingerprint density at radius 2 is 2.24 bits per heavy atom. The van der Waals surface area contributed by atoms with Crippen molar-refractivity contribution in [1.29, 1.82) is 0 Å². The highest BCUT2D eigenvalue weighted by Crippen LogP contribution is 2.23. The largest absolute Gasteiger partial charge is 0.474 e. The standard InChI is InChI=1S/C18H25N5O2/c1-14(12-23-9-8-19-13-23)22-18(24)21-11-15-6-7-20-17(10-15)25-16-4-2-3-5-16/h6-10,13-14,16H,2-5,11-12H2,1H3,(H2,21,22,24)/t14-/m1/s1. The average Bonchev–Trinajstić information content (AvgIpc) is 3.27. The van der Waals surface area contributed by atoms with Gasteiger partial charge < -0.3 is 19.9 Å². The maximum absolute atomic E-state index is 12.0. The van der Waals surface area contributed by atoms with Crippen LogP contribution in [-0.4, -0.2) is 32.7 Å². The Balaban J connectivity index is 1.43. The van der Waals surface area contributed by atoms with Crippen LogP contribution in [0.25, 0.3) is 0 Å². The van der Waals surface area contributed by atoms with E-state index in [1.165, 1.54) is 12.8 Å². The Kier molecular flexibility index (Phi) is 5.87. The summed E-state index contributed by atoms with van der Waals surface area (Å²) < 4.78 is 7.83. The van der Waals surface area contributed by atoms with Crippen LogP contribution in [0.2, 0.25) is 0 Å². The number of imidazole rings is 1. The second-order valence-corrected chi connectivity index (χ2v) is 6.51. The van der Waals surface area contributed by atoms with Crippen molar-refractivity contribution in [3.8, 4) is 5.88 Å². The van der Waals surface area contributed by atoms with Gasteiger partial charge in [0.1, 0.15) is 6.10 Å². The van der Waals surface area contributed by atoms with Crippen LogP contribution in [0.5, 0.6) is 5.88 Å².